The van der Waals surface area contributed by atoms with Crippen molar-refractivity contribution < 1.29 is 5.21 Å². The van der Waals surface area contributed by atoms with Gasteiger partial charge in [0, 0.05) is 0 Å². The van der Waals surface area contributed by atoms with Crippen LogP contribution in [0.4, 0.5) is 0 Å². The molecule has 0 saturated carbocycles. The predicted molar refractivity (Wildman–Crippen MR) is 47.8 cm³/mol. The summed E-state index contributed by atoms with van der Waals surface area (Å²) in [4.78, 5) is 8.96. The molecule has 2 aromatic heterocycles. The van der Waals surface area contributed by atoms with Gasteiger partial charge < -0.3 is 5.21 Å². The topological polar surface area (TPSA) is 76.7 Å². The fraction of sp³-hybridized carbons (Fsp3) is 0. The van der Waals surface area contributed by atoms with Gasteiger partial charge in [-0.25, -0.2) is 9.97 Å². The minimum atomic E-state index is 0.267. The van der Waals surface area contributed by atoms with Crippen LogP contribution < -0.4 is 0 Å². The third-order valence-electron chi connectivity index (χ3n) is 1.95. The van der Waals surface area contributed by atoms with Gasteiger partial charge in [0.25, 0.3) is 0 Å². The zero-order valence-corrected chi connectivity index (χ0v) is 6.99. The number of aromatic nitrogens is 5. The normalized spacial score (nSPS) is 11.1. The average molecular weight is 187 g/mol. The Kier molecular flexibility index (Phi) is 1.22. The van der Waals surface area contributed by atoms with Crippen molar-refractivity contribution in [1.29, 1.82) is 0 Å². The number of nitrogens with zero attached hydrogens (tertiary/aromatic N) is 5. The summed E-state index contributed by atoms with van der Waals surface area (Å²) in [5.41, 5.74) is 2.05. The maximum atomic E-state index is 9.21. The molecule has 3 rings (SSSR count). The van der Waals surface area contributed by atoms with E-state index in [0.29, 0.717) is 16.0 Å². The first-order valence-corrected chi connectivity index (χ1v) is 4.02. The number of hydrogen-bond acceptors (Lipinski definition) is 5. The molecule has 0 fully saturated rings. The molecule has 1 N–H and O–H groups in total. The first-order chi connectivity index (χ1) is 6.84. The third kappa shape index (κ3) is 0.846. The van der Waals surface area contributed by atoms with Crippen LogP contribution in [0.15, 0.2) is 24.3 Å². The van der Waals surface area contributed by atoms with Crippen LogP contribution in [0.3, 0.4) is 0 Å². The van der Waals surface area contributed by atoms with E-state index in [1.54, 1.807) is 0 Å². The Bertz CT molecular complexity index is 617. The van der Waals surface area contributed by atoms with Crippen molar-refractivity contribution in [1.82, 2.24) is 25.1 Å². The lowest BCUT2D eigenvalue weighted by Crippen LogP contribution is -1.94. The van der Waals surface area contributed by atoms with Gasteiger partial charge in [-0.3, -0.25) is 0 Å². The molecule has 6 heteroatoms. The van der Waals surface area contributed by atoms with E-state index in [2.05, 4.69) is 20.3 Å². The summed E-state index contributed by atoms with van der Waals surface area (Å²) >= 11 is 0. The number of hydrogen-bond donors (Lipinski definition) is 1. The molecule has 0 aliphatic carbocycles. The van der Waals surface area contributed by atoms with E-state index >= 15 is 0 Å². The molecule has 0 spiro atoms. The van der Waals surface area contributed by atoms with Gasteiger partial charge in [-0.1, -0.05) is 17.0 Å². The van der Waals surface area contributed by atoms with Crippen LogP contribution in [0.2, 0.25) is 0 Å². The van der Waals surface area contributed by atoms with Crippen molar-refractivity contribution in [2.45, 2.75) is 0 Å². The summed E-state index contributed by atoms with van der Waals surface area (Å²) in [5, 5.41) is 16.3. The van der Waals surface area contributed by atoms with Crippen LogP contribution in [0.5, 0.6) is 0 Å². The fourth-order valence-electron chi connectivity index (χ4n) is 1.31. The highest BCUT2D eigenvalue weighted by Gasteiger charge is 2.07. The lowest BCUT2D eigenvalue weighted by molar-refractivity contribution is 0.153. The van der Waals surface area contributed by atoms with Crippen molar-refractivity contribution in [3.05, 3.63) is 24.3 Å². The van der Waals surface area contributed by atoms with Crippen LogP contribution in [-0.4, -0.2) is 30.3 Å². The summed E-state index contributed by atoms with van der Waals surface area (Å²) < 4.78 is 0. The molecule has 0 bridgehead atoms. The van der Waals surface area contributed by atoms with E-state index in [0.717, 1.165) is 5.52 Å². The predicted octanol–water partition coefficient (Wildman–Crippen LogP) is 0.612. The third-order valence-corrected chi connectivity index (χ3v) is 1.95. The van der Waals surface area contributed by atoms with Crippen LogP contribution >= 0.6 is 0 Å². The van der Waals surface area contributed by atoms with Crippen LogP contribution in [0.25, 0.3) is 22.3 Å². The molecule has 0 saturated heterocycles. The van der Waals surface area contributed by atoms with Gasteiger partial charge in [0.2, 0.25) is 11.3 Å². The Hall–Kier alpha value is -2.24. The Labute approximate surface area is 77.8 Å². The number of benzene rings is 1. The highest BCUT2D eigenvalue weighted by atomic mass is 16.5. The van der Waals surface area contributed by atoms with Gasteiger partial charge in [0.1, 0.15) is 0 Å². The van der Waals surface area contributed by atoms with E-state index in [-0.39, 0.29) is 5.65 Å². The molecule has 14 heavy (non-hydrogen) atoms. The van der Waals surface area contributed by atoms with Gasteiger partial charge in [-0.05, 0) is 17.3 Å². The molecule has 6 nitrogen and oxygen atoms in total. The number of fused-ring (bicyclic) bond motifs is 2. The maximum Gasteiger partial charge on any atom is 0.239 e. The molecule has 68 valence electrons. The zero-order valence-electron chi connectivity index (χ0n) is 6.99. The second-order valence-electron chi connectivity index (χ2n) is 2.84. The van der Waals surface area contributed by atoms with E-state index in [9.17, 15) is 5.21 Å². The van der Waals surface area contributed by atoms with Crippen molar-refractivity contribution >= 4 is 22.3 Å². The van der Waals surface area contributed by atoms with E-state index in [4.69, 9.17) is 0 Å². The second kappa shape index (κ2) is 2.38. The van der Waals surface area contributed by atoms with E-state index < -0.39 is 0 Å². The minimum absolute atomic E-state index is 0.267. The monoisotopic (exact) mass is 187 g/mol. The first-order valence-electron chi connectivity index (χ1n) is 4.02. The molecule has 0 radical (unpaired) electrons. The Morgan fingerprint density at radius 3 is 2.57 bits per heavy atom. The second-order valence-corrected chi connectivity index (χ2v) is 2.84. The molecular formula is C8H5N5O. The van der Waals surface area contributed by atoms with Crippen LogP contribution in [0, 0.1) is 0 Å². The van der Waals surface area contributed by atoms with Gasteiger partial charge in [0.15, 0.2) is 0 Å². The molecule has 3 aromatic rings. The Morgan fingerprint density at radius 2 is 1.79 bits per heavy atom. The summed E-state index contributed by atoms with van der Waals surface area (Å²) in [6.07, 6.45) is 0. The highest BCUT2D eigenvalue weighted by Crippen LogP contribution is 2.12. The van der Waals surface area contributed by atoms with Gasteiger partial charge in [-0.15, -0.1) is 5.10 Å². The summed E-state index contributed by atoms with van der Waals surface area (Å²) in [6, 6.07) is 7.37. The lowest BCUT2D eigenvalue weighted by Gasteiger charge is -1.94. The van der Waals surface area contributed by atoms with Crippen molar-refractivity contribution in [3.8, 4) is 0 Å². The fourth-order valence-corrected chi connectivity index (χ4v) is 1.31. The van der Waals surface area contributed by atoms with E-state index in [1.165, 1.54) is 0 Å². The van der Waals surface area contributed by atoms with Crippen LogP contribution in [-0.2, 0) is 0 Å². The van der Waals surface area contributed by atoms with Crippen molar-refractivity contribution in [3.63, 3.8) is 0 Å². The number of rotatable bonds is 0. The Morgan fingerprint density at radius 1 is 1.07 bits per heavy atom. The number of para-hydroxylation sites is 2. The minimum Gasteiger partial charge on any atom is -0.409 e. The molecule has 2 heterocycles. The molecule has 0 aliphatic heterocycles. The molecule has 0 atom stereocenters. The van der Waals surface area contributed by atoms with Gasteiger partial charge in [0.05, 0.1) is 11.0 Å². The quantitative estimate of drug-likeness (QED) is 0.522. The smallest absolute Gasteiger partial charge is 0.239 e. The summed E-state index contributed by atoms with van der Waals surface area (Å²) in [6.45, 7) is 0. The SMILES string of the molecule is On1nnc2nc3ccccc3nc21. The maximum absolute atomic E-state index is 9.21. The average Bonchev–Trinajstić information content (AvgIpc) is 2.57. The molecular weight excluding hydrogens is 182 g/mol. The largest absolute Gasteiger partial charge is 0.409 e. The molecule has 0 amide bonds. The first kappa shape index (κ1) is 7.19. The standard InChI is InChI=1S/C8H5N5O/c14-13-8-7(11-12-13)9-5-3-1-2-4-6(5)10-8/h1-4,14H. The van der Waals surface area contributed by atoms with Gasteiger partial charge in [-0.2, -0.15) is 0 Å². The summed E-state index contributed by atoms with van der Waals surface area (Å²) in [7, 11) is 0. The molecule has 0 aliphatic rings. The lowest BCUT2D eigenvalue weighted by atomic mass is 10.3. The van der Waals surface area contributed by atoms with E-state index in [1.807, 2.05) is 24.3 Å². The van der Waals surface area contributed by atoms with Gasteiger partial charge >= 0.3 is 0 Å². The zero-order chi connectivity index (χ0) is 9.54. The highest BCUT2D eigenvalue weighted by molar-refractivity contribution is 5.82. The molecule has 0 unspecified atom stereocenters. The van der Waals surface area contributed by atoms with Crippen molar-refractivity contribution in [2.75, 3.05) is 0 Å². The van der Waals surface area contributed by atoms with Crippen LogP contribution in [0.1, 0.15) is 0 Å². The Balaban J connectivity index is 2.54. The summed E-state index contributed by atoms with van der Waals surface area (Å²) in [5.74, 6) is 0. The molecule has 1 aromatic carbocycles. The van der Waals surface area contributed by atoms with Crippen molar-refractivity contribution in [2.24, 2.45) is 0 Å².